The highest BCUT2D eigenvalue weighted by atomic mass is 16.5. The lowest BCUT2D eigenvalue weighted by Crippen LogP contribution is -2.56. The molecule has 2 aromatic rings. The summed E-state index contributed by atoms with van der Waals surface area (Å²) in [5.41, 5.74) is 1.00. The van der Waals surface area contributed by atoms with Gasteiger partial charge >= 0.3 is 0 Å². The summed E-state index contributed by atoms with van der Waals surface area (Å²) in [6, 6.07) is 13.0. The molecule has 2 fully saturated rings. The summed E-state index contributed by atoms with van der Waals surface area (Å²) in [5.74, 6) is 2.13. The highest BCUT2D eigenvalue weighted by Crippen LogP contribution is 2.51. The highest BCUT2D eigenvalue weighted by molar-refractivity contribution is 5.92. The lowest BCUT2D eigenvalue weighted by molar-refractivity contribution is -0.135. The summed E-state index contributed by atoms with van der Waals surface area (Å²) in [4.78, 5) is 15.2. The summed E-state index contributed by atoms with van der Waals surface area (Å²) < 4.78 is 16.3. The molecule has 2 N–H and O–H groups in total. The van der Waals surface area contributed by atoms with E-state index in [1.807, 2.05) is 42.5 Å². The first kappa shape index (κ1) is 23.4. The van der Waals surface area contributed by atoms with E-state index in [1.165, 1.54) is 0 Å². The van der Waals surface area contributed by atoms with Crippen molar-refractivity contribution in [2.45, 2.75) is 43.7 Å². The van der Waals surface area contributed by atoms with Crippen LogP contribution in [0.25, 0.3) is 0 Å². The van der Waals surface area contributed by atoms with Gasteiger partial charge in [0.15, 0.2) is 0 Å². The molecule has 1 saturated heterocycles. The number of rotatable bonds is 7. The van der Waals surface area contributed by atoms with Crippen LogP contribution in [0.4, 0.5) is 5.69 Å². The van der Waals surface area contributed by atoms with Crippen LogP contribution in [0.5, 0.6) is 17.2 Å². The van der Waals surface area contributed by atoms with Gasteiger partial charge in [-0.05, 0) is 49.6 Å². The van der Waals surface area contributed by atoms with Crippen molar-refractivity contribution < 1.29 is 24.1 Å². The molecule has 0 unspecified atom stereocenters. The van der Waals surface area contributed by atoms with E-state index in [-0.39, 0.29) is 24.4 Å². The molecular weight excluding hydrogens is 420 g/mol. The van der Waals surface area contributed by atoms with Crippen molar-refractivity contribution in [3.05, 3.63) is 48.0 Å². The van der Waals surface area contributed by atoms with Crippen LogP contribution < -0.4 is 19.5 Å². The Morgan fingerprint density at radius 2 is 1.76 bits per heavy atom. The summed E-state index contributed by atoms with van der Waals surface area (Å²) >= 11 is 0. The normalized spacial score (nSPS) is 25.1. The van der Waals surface area contributed by atoms with E-state index < -0.39 is 5.60 Å². The van der Waals surface area contributed by atoms with Crippen LogP contribution >= 0.6 is 0 Å². The Morgan fingerprint density at radius 3 is 2.45 bits per heavy atom. The van der Waals surface area contributed by atoms with Gasteiger partial charge in [-0.15, -0.1) is 0 Å². The van der Waals surface area contributed by atoms with Gasteiger partial charge in [0.05, 0.1) is 33.5 Å². The Hall–Kier alpha value is -2.77. The number of fused-ring (bicyclic) bond motifs is 1. The van der Waals surface area contributed by atoms with Gasteiger partial charge in [-0.25, -0.2) is 0 Å². The molecule has 178 valence electrons. The quantitative estimate of drug-likeness (QED) is 0.658. The monoisotopic (exact) mass is 454 g/mol. The zero-order chi connectivity index (χ0) is 23.4. The Bertz CT molecular complexity index is 964. The molecule has 33 heavy (non-hydrogen) atoms. The number of nitrogens with zero attached hydrogens (tertiary/aromatic N) is 1. The molecule has 1 aliphatic heterocycles. The van der Waals surface area contributed by atoms with E-state index >= 15 is 0 Å². The summed E-state index contributed by atoms with van der Waals surface area (Å²) in [6.07, 6.45) is 4.51. The smallest absolute Gasteiger partial charge is 0.238 e. The highest BCUT2D eigenvalue weighted by Gasteiger charge is 2.49. The number of aliphatic hydroxyl groups is 1. The second-order valence-corrected chi connectivity index (χ2v) is 9.01. The minimum atomic E-state index is -0.711. The van der Waals surface area contributed by atoms with Crippen LogP contribution in [-0.4, -0.2) is 55.9 Å². The Labute approximate surface area is 195 Å². The molecule has 3 atom stereocenters. The van der Waals surface area contributed by atoms with Crippen LogP contribution in [0, 0.1) is 5.92 Å². The fourth-order valence-corrected chi connectivity index (χ4v) is 5.46. The third-order valence-electron chi connectivity index (χ3n) is 7.15. The Morgan fingerprint density at radius 1 is 1.03 bits per heavy atom. The van der Waals surface area contributed by atoms with E-state index in [2.05, 4.69) is 10.2 Å². The Balaban J connectivity index is 1.60. The van der Waals surface area contributed by atoms with Crippen LogP contribution in [0.1, 0.15) is 43.7 Å². The van der Waals surface area contributed by atoms with Crippen LogP contribution in [0.2, 0.25) is 0 Å². The maximum absolute atomic E-state index is 13.0. The van der Waals surface area contributed by atoms with Gasteiger partial charge in [0.25, 0.3) is 0 Å². The maximum Gasteiger partial charge on any atom is 0.238 e. The largest absolute Gasteiger partial charge is 0.497 e. The number of hydrogen-bond donors (Lipinski definition) is 2. The number of likely N-dealkylation sites (tertiary alicyclic amines) is 1. The van der Waals surface area contributed by atoms with Crippen molar-refractivity contribution in [2.24, 2.45) is 5.92 Å². The van der Waals surface area contributed by atoms with Crippen LogP contribution in [0.15, 0.2) is 42.5 Å². The SMILES string of the molecule is COc1ccc(NC(=O)CN2CC[C@]3(O)CCCC[C@@H]3[C@@H]2c2ccc(OC)cc2OC)cc1. The number of benzene rings is 2. The molecule has 4 rings (SSSR count). The number of hydrogen-bond acceptors (Lipinski definition) is 6. The number of amides is 1. The minimum Gasteiger partial charge on any atom is -0.497 e. The fraction of sp³-hybridized carbons (Fsp3) is 0.500. The molecule has 0 bridgehead atoms. The summed E-state index contributed by atoms with van der Waals surface area (Å²) in [5, 5.41) is 14.5. The van der Waals surface area contributed by atoms with Gasteiger partial charge < -0.3 is 24.6 Å². The van der Waals surface area contributed by atoms with Crippen LogP contribution in [-0.2, 0) is 4.79 Å². The fourth-order valence-electron chi connectivity index (χ4n) is 5.46. The molecule has 0 aromatic heterocycles. The molecule has 0 radical (unpaired) electrons. The van der Waals surface area contributed by atoms with Crippen LogP contribution in [0.3, 0.4) is 0 Å². The number of piperidine rings is 1. The third kappa shape index (κ3) is 4.94. The van der Waals surface area contributed by atoms with E-state index in [0.717, 1.165) is 48.4 Å². The molecule has 1 amide bonds. The Kier molecular flexibility index (Phi) is 7.10. The van der Waals surface area contributed by atoms with Crippen molar-refractivity contribution in [2.75, 3.05) is 39.7 Å². The molecule has 7 heteroatoms. The van der Waals surface area contributed by atoms with Crippen molar-refractivity contribution in [3.8, 4) is 17.2 Å². The first-order valence-electron chi connectivity index (χ1n) is 11.6. The molecule has 1 saturated carbocycles. The maximum atomic E-state index is 13.0. The van der Waals surface area contributed by atoms with E-state index in [4.69, 9.17) is 14.2 Å². The van der Waals surface area contributed by atoms with Crippen molar-refractivity contribution in [1.82, 2.24) is 4.90 Å². The van der Waals surface area contributed by atoms with Gasteiger partial charge in [0.2, 0.25) is 5.91 Å². The van der Waals surface area contributed by atoms with Crippen molar-refractivity contribution in [1.29, 1.82) is 0 Å². The minimum absolute atomic E-state index is 0.0380. The van der Waals surface area contributed by atoms with E-state index in [0.29, 0.717) is 18.7 Å². The number of anilines is 1. The lowest BCUT2D eigenvalue weighted by atomic mass is 9.66. The topological polar surface area (TPSA) is 80.3 Å². The predicted octanol–water partition coefficient (Wildman–Crippen LogP) is 4.02. The molecule has 1 aliphatic carbocycles. The third-order valence-corrected chi connectivity index (χ3v) is 7.15. The summed E-state index contributed by atoms with van der Waals surface area (Å²) in [6.45, 7) is 0.876. The van der Waals surface area contributed by atoms with E-state index in [1.54, 1.807) is 21.3 Å². The lowest BCUT2D eigenvalue weighted by Gasteiger charge is -2.52. The van der Waals surface area contributed by atoms with Gasteiger partial charge in [-0.1, -0.05) is 18.9 Å². The van der Waals surface area contributed by atoms with E-state index in [9.17, 15) is 9.90 Å². The first-order chi connectivity index (χ1) is 16.0. The number of carbonyl (C=O) groups excluding carboxylic acids is 1. The zero-order valence-corrected chi connectivity index (χ0v) is 19.7. The van der Waals surface area contributed by atoms with Crippen molar-refractivity contribution >= 4 is 11.6 Å². The average molecular weight is 455 g/mol. The molecule has 2 aliphatic rings. The standard InChI is InChI=1S/C26H34N2O5/c1-31-19-9-7-18(8-10-19)27-24(29)17-28-15-14-26(30)13-5-4-6-22(26)25(28)21-12-11-20(32-2)16-23(21)33-3/h7-12,16,22,25,30H,4-6,13-15,17H2,1-3H3,(H,27,29)/t22-,25+,26-/m1/s1. The molecular formula is C26H34N2O5. The van der Waals surface area contributed by atoms with Gasteiger partial charge in [0, 0.05) is 35.8 Å². The second kappa shape index (κ2) is 10.0. The number of ether oxygens (including phenoxy) is 3. The predicted molar refractivity (Wildman–Crippen MR) is 127 cm³/mol. The molecule has 2 aromatic carbocycles. The van der Waals surface area contributed by atoms with Gasteiger partial charge in [-0.2, -0.15) is 0 Å². The number of carbonyl (C=O) groups is 1. The first-order valence-corrected chi connectivity index (χ1v) is 11.6. The van der Waals surface area contributed by atoms with Crippen molar-refractivity contribution in [3.63, 3.8) is 0 Å². The van der Waals surface area contributed by atoms with Gasteiger partial charge in [-0.3, -0.25) is 9.69 Å². The molecule has 7 nitrogen and oxygen atoms in total. The van der Waals surface area contributed by atoms with Gasteiger partial charge in [0.1, 0.15) is 17.2 Å². The second-order valence-electron chi connectivity index (χ2n) is 9.01. The zero-order valence-electron chi connectivity index (χ0n) is 19.7. The summed E-state index contributed by atoms with van der Waals surface area (Å²) in [7, 11) is 4.89. The average Bonchev–Trinajstić information content (AvgIpc) is 2.84. The molecule has 0 spiro atoms. The molecule has 1 heterocycles. The number of methoxy groups -OCH3 is 3. The number of nitrogens with one attached hydrogen (secondary N) is 1.